The number of nitrogens with zero attached hydrogens (tertiary/aromatic N) is 3. The molecule has 4 nitrogen and oxygen atoms in total. The van der Waals surface area contributed by atoms with E-state index < -0.39 is 0 Å². The van der Waals surface area contributed by atoms with Crippen molar-refractivity contribution < 1.29 is 0 Å². The average molecular weight is 278 g/mol. The highest BCUT2D eigenvalue weighted by atomic mass is 32.2. The normalized spacial score (nSPS) is 30.6. The van der Waals surface area contributed by atoms with E-state index in [0.29, 0.717) is 0 Å². The van der Waals surface area contributed by atoms with Crippen molar-refractivity contribution in [3.8, 4) is 0 Å². The number of aromatic nitrogens is 2. The second-order valence-corrected chi connectivity index (χ2v) is 6.79. The van der Waals surface area contributed by atoms with Crippen molar-refractivity contribution in [3.05, 3.63) is 12.4 Å². The van der Waals surface area contributed by atoms with Crippen LogP contribution in [-0.2, 0) is 6.54 Å². The number of thioether (sulfide) groups is 1. The molecule has 0 bridgehead atoms. The average Bonchev–Trinajstić information content (AvgIpc) is 3.02. The molecule has 104 valence electrons. The summed E-state index contributed by atoms with van der Waals surface area (Å²) in [4.78, 5) is 4.98. The first-order valence-electron chi connectivity index (χ1n) is 7.21. The Morgan fingerprint density at radius 1 is 1.47 bits per heavy atom. The zero-order chi connectivity index (χ0) is 13.3. The van der Waals surface area contributed by atoms with E-state index in [1.807, 2.05) is 28.8 Å². The standard InChI is InChI=1S/C14H22N4S/c1-3-18-9-12(8-15-18)16-13-17-14(10-19-13)6-4-11(2)5-7-14/h8-9,11H,3-7,10H2,1-2H3,(H,16,17). The van der Waals surface area contributed by atoms with Crippen molar-refractivity contribution in [2.75, 3.05) is 11.1 Å². The molecular weight excluding hydrogens is 256 g/mol. The highest BCUT2D eigenvalue weighted by Gasteiger charge is 2.38. The van der Waals surface area contributed by atoms with Crippen molar-refractivity contribution >= 4 is 22.6 Å². The number of aryl methyl sites for hydroxylation is 1. The molecule has 1 spiro atoms. The minimum atomic E-state index is 0.222. The van der Waals surface area contributed by atoms with E-state index in [1.54, 1.807) is 0 Å². The molecule has 1 N–H and O–H groups in total. The maximum absolute atomic E-state index is 4.98. The Labute approximate surface area is 119 Å². The second-order valence-electron chi connectivity index (χ2n) is 5.82. The lowest BCUT2D eigenvalue weighted by Crippen LogP contribution is -2.32. The molecule has 2 heterocycles. The molecule has 1 saturated carbocycles. The fourth-order valence-corrected chi connectivity index (χ4v) is 4.03. The van der Waals surface area contributed by atoms with Crippen LogP contribution < -0.4 is 5.32 Å². The Hall–Kier alpha value is -0.970. The van der Waals surface area contributed by atoms with Gasteiger partial charge in [-0.05, 0) is 38.5 Å². The fraction of sp³-hybridized carbons (Fsp3) is 0.714. The van der Waals surface area contributed by atoms with E-state index in [1.165, 1.54) is 25.7 Å². The van der Waals surface area contributed by atoms with Gasteiger partial charge in [0.1, 0.15) is 0 Å². The van der Waals surface area contributed by atoms with Gasteiger partial charge in [0.25, 0.3) is 0 Å². The van der Waals surface area contributed by atoms with Crippen LogP contribution in [0.25, 0.3) is 0 Å². The minimum Gasteiger partial charge on any atom is -0.332 e. The van der Waals surface area contributed by atoms with Crippen LogP contribution in [0.5, 0.6) is 0 Å². The summed E-state index contributed by atoms with van der Waals surface area (Å²) in [7, 11) is 0. The summed E-state index contributed by atoms with van der Waals surface area (Å²) in [6.07, 6.45) is 9.06. The van der Waals surface area contributed by atoms with Gasteiger partial charge in [-0.3, -0.25) is 9.67 Å². The van der Waals surface area contributed by atoms with Gasteiger partial charge in [0, 0.05) is 18.5 Å². The predicted octanol–water partition coefficient (Wildman–Crippen LogP) is 3.37. The van der Waals surface area contributed by atoms with E-state index >= 15 is 0 Å². The summed E-state index contributed by atoms with van der Waals surface area (Å²) in [5.41, 5.74) is 1.27. The van der Waals surface area contributed by atoms with E-state index in [2.05, 4.69) is 24.3 Å². The molecule has 5 heteroatoms. The first-order chi connectivity index (χ1) is 9.19. The molecule has 0 unspecified atom stereocenters. The number of hydrogen-bond donors (Lipinski definition) is 1. The highest BCUT2D eigenvalue weighted by molar-refractivity contribution is 8.14. The van der Waals surface area contributed by atoms with Crippen molar-refractivity contribution in [1.82, 2.24) is 9.78 Å². The van der Waals surface area contributed by atoms with Crippen LogP contribution >= 0.6 is 11.8 Å². The van der Waals surface area contributed by atoms with Crippen LogP contribution in [0, 0.1) is 5.92 Å². The van der Waals surface area contributed by atoms with Gasteiger partial charge in [-0.1, -0.05) is 18.7 Å². The fourth-order valence-electron chi connectivity index (χ4n) is 2.83. The van der Waals surface area contributed by atoms with Crippen LogP contribution in [-0.4, -0.2) is 26.2 Å². The maximum Gasteiger partial charge on any atom is 0.161 e. The van der Waals surface area contributed by atoms with Gasteiger partial charge in [-0.2, -0.15) is 5.10 Å². The third kappa shape index (κ3) is 2.81. The lowest BCUT2D eigenvalue weighted by atomic mass is 9.79. The number of hydrogen-bond acceptors (Lipinski definition) is 4. The summed E-state index contributed by atoms with van der Waals surface area (Å²) < 4.78 is 1.93. The Kier molecular flexibility index (Phi) is 3.56. The smallest absolute Gasteiger partial charge is 0.161 e. The number of amidine groups is 1. The van der Waals surface area contributed by atoms with Crippen LogP contribution in [0.3, 0.4) is 0 Å². The number of anilines is 1. The van der Waals surface area contributed by atoms with E-state index in [-0.39, 0.29) is 5.54 Å². The van der Waals surface area contributed by atoms with Gasteiger partial charge < -0.3 is 5.32 Å². The first-order valence-corrected chi connectivity index (χ1v) is 8.20. The van der Waals surface area contributed by atoms with E-state index in [0.717, 1.165) is 29.1 Å². The zero-order valence-corrected chi connectivity index (χ0v) is 12.5. The topological polar surface area (TPSA) is 42.2 Å². The monoisotopic (exact) mass is 278 g/mol. The van der Waals surface area contributed by atoms with E-state index in [4.69, 9.17) is 4.99 Å². The molecule has 1 aliphatic carbocycles. The molecule has 0 amide bonds. The molecule has 1 aromatic heterocycles. The van der Waals surface area contributed by atoms with Gasteiger partial charge in [0.15, 0.2) is 5.17 Å². The molecule has 1 fully saturated rings. The molecule has 2 aliphatic rings. The summed E-state index contributed by atoms with van der Waals surface area (Å²) in [6.45, 7) is 5.36. The zero-order valence-electron chi connectivity index (χ0n) is 11.7. The molecule has 0 aromatic carbocycles. The number of nitrogens with one attached hydrogen (secondary N) is 1. The molecule has 19 heavy (non-hydrogen) atoms. The Morgan fingerprint density at radius 2 is 2.26 bits per heavy atom. The molecule has 0 saturated heterocycles. The third-order valence-corrected chi connectivity index (χ3v) is 5.38. The SMILES string of the molecule is CCn1cc(NC2=NC3(CCC(C)CC3)CS2)cn1. The second kappa shape index (κ2) is 5.19. The Bertz CT molecular complexity index is 472. The molecular formula is C14H22N4S. The Balaban J connectivity index is 1.66. The summed E-state index contributed by atoms with van der Waals surface area (Å²) in [6, 6.07) is 0. The third-order valence-electron chi connectivity index (χ3n) is 4.23. The van der Waals surface area contributed by atoms with Gasteiger partial charge in [0.2, 0.25) is 0 Å². The van der Waals surface area contributed by atoms with Gasteiger partial charge >= 0.3 is 0 Å². The maximum atomic E-state index is 4.98. The van der Waals surface area contributed by atoms with Gasteiger partial charge in [0.05, 0.1) is 17.4 Å². The van der Waals surface area contributed by atoms with Crippen LogP contribution in [0.15, 0.2) is 17.4 Å². The summed E-state index contributed by atoms with van der Waals surface area (Å²) >= 11 is 1.86. The van der Waals surface area contributed by atoms with E-state index in [9.17, 15) is 0 Å². The molecule has 1 aliphatic heterocycles. The molecule has 0 radical (unpaired) electrons. The van der Waals surface area contributed by atoms with Crippen molar-refractivity contribution in [2.45, 2.75) is 51.6 Å². The number of aliphatic imine (C=N–C) groups is 1. The lowest BCUT2D eigenvalue weighted by molar-refractivity contribution is 0.273. The Morgan fingerprint density at radius 3 is 2.95 bits per heavy atom. The molecule has 0 atom stereocenters. The highest BCUT2D eigenvalue weighted by Crippen LogP contribution is 2.41. The van der Waals surface area contributed by atoms with Crippen molar-refractivity contribution in [1.29, 1.82) is 0 Å². The number of rotatable bonds is 2. The minimum absolute atomic E-state index is 0.222. The molecule has 3 rings (SSSR count). The summed E-state index contributed by atoms with van der Waals surface area (Å²) in [5, 5.41) is 8.76. The quantitative estimate of drug-likeness (QED) is 0.902. The van der Waals surface area contributed by atoms with Crippen LogP contribution in [0.4, 0.5) is 5.69 Å². The van der Waals surface area contributed by atoms with Gasteiger partial charge in [-0.15, -0.1) is 0 Å². The van der Waals surface area contributed by atoms with Crippen LogP contribution in [0.2, 0.25) is 0 Å². The van der Waals surface area contributed by atoms with Crippen molar-refractivity contribution in [3.63, 3.8) is 0 Å². The predicted molar refractivity (Wildman–Crippen MR) is 81.8 cm³/mol. The lowest BCUT2D eigenvalue weighted by Gasteiger charge is -2.32. The van der Waals surface area contributed by atoms with Crippen molar-refractivity contribution in [2.24, 2.45) is 10.9 Å². The molecule has 1 aromatic rings. The van der Waals surface area contributed by atoms with Gasteiger partial charge in [-0.25, -0.2) is 0 Å². The largest absolute Gasteiger partial charge is 0.332 e. The summed E-state index contributed by atoms with van der Waals surface area (Å²) in [5.74, 6) is 2.02. The first kappa shape index (κ1) is 13.0. The van der Waals surface area contributed by atoms with Crippen LogP contribution in [0.1, 0.15) is 39.5 Å².